The number of hydrogen-bond donors (Lipinski definition) is 2. The van der Waals surface area contributed by atoms with Gasteiger partial charge in [-0.25, -0.2) is 9.78 Å². The van der Waals surface area contributed by atoms with Crippen LogP contribution in [0.1, 0.15) is 33.0 Å². The Bertz CT molecular complexity index is 841. The molecule has 32 heavy (non-hydrogen) atoms. The molecule has 3 heterocycles. The van der Waals surface area contributed by atoms with Crippen LogP contribution in [0.3, 0.4) is 0 Å². The number of rotatable bonds is 4. The maximum Gasteiger partial charge on any atom is 0.424 e. The Balaban J connectivity index is 0.00000363. The molecule has 0 aliphatic carbocycles. The van der Waals surface area contributed by atoms with Gasteiger partial charge in [0.05, 0.1) is 12.6 Å². The molecule has 9 nitrogen and oxygen atoms in total. The van der Waals surface area contributed by atoms with Gasteiger partial charge in [0, 0.05) is 52.0 Å². The number of nitrogens with zero attached hydrogens (tertiary/aromatic N) is 5. The van der Waals surface area contributed by atoms with Crippen LogP contribution in [-0.4, -0.2) is 87.1 Å². The van der Waals surface area contributed by atoms with Crippen LogP contribution < -0.4 is 5.32 Å². The first kappa shape index (κ1) is 26.5. The summed E-state index contributed by atoms with van der Waals surface area (Å²) in [6.45, 7) is 7.00. The number of piperazine rings is 1. The lowest BCUT2D eigenvalue weighted by atomic mass is 9.97. The van der Waals surface area contributed by atoms with Gasteiger partial charge in [0.1, 0.15) is 11.4 Å². The number of aromatic nitrogens is 2. The van der Waals surface area contributed by atoms with E-state index in [2.05, 4.69) is 15.3 Å². The van der Waals surface area contributed by atoms with Crippen molar-refractivity contribution in [2.24, 2.45) is 12.0 Å². The number of ether oxygens (including phenoxy) is 1. The largest absolute Gasteiger partial charge is 0.444 e. The number of amides is 1. The van der Waals surface area contributed by atoms with Crippen molar-refractivity contribution >= 4 is 36.0 Å². The summed E-state index contributed by atoms with van der Waals surface area (Å²) in [6, 6.07) is -0.0696. The normalized spacial score (nSPS) is 20.8. The van der Waals surface area contributed by atoms with E-state index in [1.54, 1.807) is 25.7 Å². The number of imidazole rings is 1. The molecular weight excluding hydrogens is 544 g/mol. The van der Waals surface area contributed by atoms with Gasteiger partial charge in [-0.3, -0.25) is 4.99 Å². The molecule has 0 aromatic carbocycles. The van der Waals surface area contributed by atoms with E-state index >= 15 is 0 Å². The van der Waals surface area contributed by atoms with E-state index in [9.17, 15) is 23.1 Å². The fourth-order valence-electron chi connectivity index (χ4n) is 3.72. The molecule has 2 unspecified atom stereocenters. The monoisotopic (exact) mass is 574 g/mol. The van der Waals surface area contributed by atoms with Crippen LogP contribution in [0, 0.1) is 0 Å². The van der Waals surface area contributed by atoms with Crippen LogP contribution in [0.25, 0.3) is 0 Å². The van der Waals surface area contributed by atoms with Crippen molar-refractivity contribution in [2.75, 3.05) is 32.7 Å². The van der Waals surface area contributed by atoms with E-state index in [0.29, 0.717) is 32.1 Å². The Labute approximate surface area is 202 Å². The molecule has 0 bridgehead atoms. The van der Waals surface area contributed by atoms with E-state index in [1.807, 2.05) is 4.90 Å². The van der Waals surface area contributed by atoms with Gasteiger partial charge in [0.2, 0.25) is 5.60 Å². The number of alkyl halides is 3. The first-order valence-electron chi connectivity index (χ1n) is 10.1. The van der Waals surface area contributed by atoms with E-state index in [-0.39, 0.29) is 42.7 Å². The molecule has 2 N–H and O–H groups in total. The zero-order valence-electron chi connectivity index (χ0n) is 18.5. The lowest BCUT2D eigenvalue weighted by molar-refractivity contribution is -0.272. The van der Waals surface area contributed by atoms with Gasteiger partial charge in [-0.05, 0) is 20.8 Å². The fourth-order valence-corrected chi connectivity index (χ4v) is 3.72. The molecule has 2 aliphatic rings. The molecule has 0 spiro atoms. The Morgan fingerprint density at radius 1 is 1.31 bits per heavy atom. The molecule has 0 radical (unpaired) electrons. The first-order chi connectivity index (χ1) is 14.3. The van der Waals surface area contributed by atoms with E-state index in [0.717, 1.165) is 4.57 Å². The topological polar surface area (TPSA) is 95.2 Å². The third-order valence-electron chi connectivity index (χ3n) is 5.29. The summed E-state index contributed by atoms with van der Waals surface area (Å²) in [7, 11) is 1.41. The zero-order valence-corrected chi connectivity index (χ0v) is 20.8. The lowest BCUT2D eigenvalue weighted by Gasteiger charge is -2.39. The van der Waals surface area contributed by atoms with Crippen LogP contribution in [0.4, 0.5) is 18.0 Å². The number of fused-ring (bicyclic) bond motifs is 1. The molecule has 1 saturated heterocycles. The number of nitrogens with one attached hydrogen (secondary N) is 1. The molecule has 13 heteroatoms. The smallest absolute Gasteiger partial charge is 0.424 e. The van der Waals surface area contributed by atoms with Crippen LogP contribution in [0.2, 0.25) is 0 Å². The summed E-state index contributed by atoms with van der Waals surface area (Å²) in [5, 5.41) is 13.3. The average molecular weight is 574 g/mol. The predicted molar refractivity (Wildman–Crippen MR) is 122 cm³/mol. The molecule has 1 fully saturated rings. The lowest BCUT2D eigenvalue weighted by Crippen LogP contribution is -2.58. The van der Waals surface area contributed by atoms with Gasteiger partial charge in [0.25, 0.3) is 0 Å². The third kappa shape index (κ3) is 5.58. The standard InChI is InChI=1S/C19H29F3N6O3.HI/c1-17(2,3)31-16(29)27-9-10-28-13(12-27)11-25-15(28)24-6-5-18(30,19(20,21)22)14-23-7-8-26(14)4;/h7-8,13,30H,5-6,9-12H2,1-4H3,(H,24,25);1H. The average Bonchev–Trinajstić information content (AvgIpc) is 3.25. The third-order valence-corrected chi connectivity index (χ3v) is 5.29. The minimum absolute atomic E-state index is 0. The number of carbonyl (C=O) groups is 1. The van der Waals surface area contributed by atoms with E-state index in [1.165, 1.54) is 19.4 Å². The second-order valence-electron chi connectivity index (χ2n) is 8.83. The number of carbonyl (C=O) groups excluding carboxylic acids is 1. The molecule has 1 amide bonds. The number of aryl methyl sites for hydroxylation is 1. The number of guanidine groups is 1. The molecule has 182 valence electrons. The van der Waals surface area contributed by atoms with Crippen molar-refractivity contribution in [3.05, 3.63) is 18.2 Å². The molecule has 2 aliphatic heterocycles. The van der Waals surface area contributed by atoms with Gasteiger partial charge in [-0.2, -0.15) is 13.2 Å². The highest BCUT2D eigenvalue weighted by atomic mass is 127. The SMILES string of the molecule is Cn1ccnc1C(O)(CCNC1=NCC2CN(C(=O)OC(C)(C)C)CCN12)C(F)(F)F.I. The summed E-state index contributed by atoms with van der Waals surface area (Å²) in [4.78, 5) is 23.9. The van der Waals surface area contributed by atoms with Crippen LogP contribution in [-0.2, 0) is 17.4 Å². The summed E-state index contributed by atoms with van der Waals surface area (Å²) in [5.74, 6) is 0.0113. The van der Waals surface area contributed by atoms with Crippen molar-refractivity contribution in [3.8, 4) is 0 Å². The maximum absolute atomic E-state index is 13.6. The quantitative estimate of drug-likeness (QED) is 0.535. The van der Waals surface area contributed by atoms with Crippen LogP contribution in [0.15, 0.2) is 17.4 Å². The number of aliphatic imine (C=N–C) groups is 1. The highest BCUT2D eigenvalue weighted by Crippen LogP contribution is 2.40. The maximum atomic E-state index is 13.6. The van der Waals surface area contributed by atoms with Gasteiger partial charge < -0.3 is 29.5 Å². The summed E-state index contributed by atoms with van der Waals surface area (Å²) < 4.78 is 47.5. The molecule has 1 aromatic heterocycles. The Hall–Kier alpha value is -1.77. The number of hydrogen-bond acceptors (Lipinski definition) is 7. The van der Waals surface area contributed by atoms with Crippen LogP contribution in [0.5, 0.6) is 0 Å². The molecular formula is C19H30F3IN6O3. The van der Waals surface area contributed by atoms with Gasteiger partial charge in [-0.1, -0.05) is 0 Å². The van der Waals surface area contributed by atoms with E-state index in [4.69, 9.17) is 4.74 Å². The minimum Gasteiger partial charge on any atom is -0.444 e. The number of aliphatic hydroxyl groups is 1. The highest BCUT2D eigenvalue weighted by molar-refractivity contribution is 14.0. The highest BCUT2D eigenvalue weighted by Gasteiger charge is 2.57. The number of halogens is 4. The molecule has 2 atom stereocenters. The van der Waals surface area contributed by atoms with Gasteiger partial charge in [-0.15, -0.1) is 24.0 Å². The Morgan fingerprint density at radius 2 is 2.00 bits per heavy atom. The van der Waals surface area contributed by atoms with Gasteiger partial charge in [0.15, 0.2) is 5.96 Å². The second-order valence-corrected chi connectivity index (χ2v) is 8.83. The first-order valence-corrected chi connectivity index (χ1v) is 10.1. The second kappa shape index (κ2) is 9.61. The summed E-state index contributed by atoms with van der Waals surface area (Å²) in [6.07, 6.45) is -3.32. The van der Waals surface area contributed by atoms with Crippen molar-refractivity contribution in [3.63, 3.8) is 0 Å². The summed E-state index contributed by atoms with van der Waals surface area (Å²) >= 11 is 0. The Kier molecular flexibility index (Phi) is 7.95. The van der Waals surface area contributed by atoms with Gasteiger partial charge >= 0.3 is 12.3 Å². The van der Waals surface area contributed by atoms with E-state index < -0.39 is 29.6 Å². The molecule has 0 saturated carbocycles. The van der Waals surface area contributed by atoms with Crippen molar-refractivity contribution in [1.29, 1.82) is 0 Å². The van der Waals surface area contributed by atoms with Crippen LogP contribution >= 0.6 is 24.0 Å². The molecule has 1 aromatic rings. The van der Waals surface area contributed by atoms with Crippen molar-refractivity contribution in [2.45, 2.75) is 50.6 Å². The molecule has 3 rings (SSSR count). The fraction of sp³-hybridized carbons (Fsp3) is 0.737. The van der Waals surface area contributed by atoms with Crippen molar-refractivity contribution < 1.29 is 27.8 Å². The zero-order chi connectivity index (χ0) is 23.0. The Morgan fingerprint density at radius 3 is 2.56 bits per heavy atom. The summed E-state index contributed by atoms with van der Waals surface area (Å²) in [5.41, 5.74) is -3.66. The van der Waals surface area contributed by atoms with Crippen molar-refractivity contribution in [1.82, 2.24) is 24.7 Å². The minimum atomic E-state index is -4.88. The predicted octanol–water partition coefficient (Wildman–Crippen LogP) is 2.06.